The van der Waals surface area contributed by atoms with E-state index in [0.717, 1.165) is 51.6 Å². The molecule has 0 aliphatic rings. The number of furan rings is 1. The Morgan fingerprint density at radius 3 is 2.31 bits per heavy atom. The van der Waals surface area contributed by atoms with Crippen molar-refractivity contribution in [2.45, 2.75) is 85.7 Å². The van der Waals surface area contributed by atoms with Crippen molar-refractivity contribution in [1.29, 1.82) is 0 Å². The van der Waals surface area contributed by atoms with Crippen LogP contribution in [0.4, 0.5) is 0 Å². The number of hydrogen-bond acceptors (Lipinski definition) is 5. The number of esters is 1. The van der Waals surface area contributed by atoms with Crippen LogP contribution in [-0.4, -0.2) is 42.4 Å². The zero-order chi connectivity index (χ0) is 28.2. The highest BCUT2D eigenvalue weighted by Crippen LogP contribution is 2.31. The summed E-state index contributed by atoms with van der Waals surface area (Å²) in [4.78, 5) is 29.1. The van der Waals surface area contributed by atoms with Crippen molar-refractivity contribution in [3.63, 3.8) is 0 Å². The number of ether oxygens (including phenoxy) is 1. The van der Waals surface area contributed by atoms with Crippen LogP contribution < -0.4 is 0 Å². The van der Waals surface area contributed by atoms with Crippen molar-refractivity contribution >= 4 is 22.7 Å². The highest BCUT2D eigenvalue weighted by atomic mass is 16.5. The molecule has 0 aliphatic carbocycles. The summed E-state index contributed by atoms with van der Waals surface area (Å²) >= 11 is 0. The minimum Gasteiger partial charge on any atom is -0.460 e. The van der Waals surface area contributed by atoms with Crippen LogP contribution >= 0.6 is 0 Å². The first-order chi connectivity index (χ1) is 18.9. The molecule has 1 aromatic heterocycles. The number of unbranched alkanes of at least 4 members (excludes halogenated alkanes) is 3. The third-order valence-corrected chi connectivity index (χ3v) is 6.68. The quantitative estimate of drug-likeness (QED) is 0.121. The van der Waals surface area contributed by atoms with E-state index < -0.39 is 5.97 Å². The van der Waals surface area contributed by atoms with Gasteiger partial charge in [-0.05, 0) is 76.5 Å². The zero-order valence-corrected chi connectivity index (χ0v) is 24.3. The molecule has 0 N–H and O–H groups in total. The van der Waals surface area contributed by atoms with Crippen LogP contribution in [0.15, 0.2) is 46.9 Å². The van der Waals surface area contributed by atoms with Gasteiger partial charge >= 0.3 is 5.97 Å². The van der Waals surface area contributed by atoms with Crippen molar-refractivity contribution < 1.29 is 18.7 Å². The van der Waals surface area contributed by atoms with Gasteiger partial charge < -0.3 is 9.15 Å². The summed E-state index contributed by atoms with van der Waals surface area (Å²) < 4.78 is 11.6. The molecule has 3 aromatic rings. The fourth-order valence-corrected chi connectivity index (χ4v) is 4.52. The maximum absolute atomic E-state index is 14.1. The second-order valence-corrected chi connectivity index (χ2v) is 10.3. The van der Waals surface area contributed by atoms with Crippen LogP contribution in [0, 0.1) is 11.8 Å². The number of fused-ring (bicyclic) bond motifs is 1. The molecule has 0 bridgehead atoms. The molecule has 5 nitrogen and oxygen atoms in total. The Balaban J connectivity index is 1.99. The van der Waals surface area contributed by atoms with E-state index >= 15 is 0 Å². The van der Waals surface area contributed by atoms with Crippen LogP contribution in [0.3, 0.4) is 0 Å². The Hall–Kier alpha value is -3.36. The number of nitrogens with zero attached hydrogens (tertiary/aromatic N) is 1. The first-order valence-electron chi connectivity index (χ1n) is 14.5. The summed E-state index contributed by atoms with van der Waals surface area (Å²) in [5, 5.41) is 0.636. The second kappa shape index (κ2) is 15.3. The van der Waals surface area contributed by atoms with E-state index in [4.69, 9.17) is 9.15 Å². The maximum Gasteiger partial charge on any atom is 0.338 e. The van der Waals surface area contributed by atoms with Crippen LogP contribution in [0.25, 0.3) is 11.0 Å². The van der Waals surface area contributed by atoms with Crippen molar-refractivity contribution in [1.82, 2.24) is 4.90 Å². The minimum atomic E-state index is -0.413. The summed E-state index contributed by atoms with van der Waals surface area (Å²) in [6, 6.07) is 12.7. The molecule has 3 rings (SSSR count). The van der Waals surface area contributed by atoms with E-state index in [1.54, 1.807) is 18.2 Å². The molecule has 0 amide bonds. The molecule has 5 heteroatoms. The van der Waals surface area contributed by atoms with Gasteiger partial charge in [0.05, 0.1) is 23.8 Å². The summed E-state index contributed by atoms with van der Waals surface area (Å²) in [5.74, 6) is 6.72. The van der Waals surface area contributed by atoms with Crippen molar-refractivity contribution in [3.05, 3.63) is 70.5 Å². The van der Waals surface area contributed by atoms with Crippen LogP contribution in [0.5, 0.6) is 0 Å². The summed E-state index contributed by atoms with van der Waals surface area (Å²) in [5.41, 5.74) is 2.77. The van der Waals surface area contributed by atoms with Gasteiger partial charge in [-0.2, -0.15) is 0 Å². The fraction of sp³-hybridized carbons (Fsp3) is 0.471. The summed E-state index contributed by atoms with van der Waals surface area (Å²) in [7, 11) is 0. The molecule has 1 heterocycles. The van der Waals surface area contributed by atoms with Crippen molar-refractivity contribution in [3.8, 4) is 11.8 Å². The fourth-order valence-electron chi connectivity index (χ4n) is 4.52. The molecule has 0 saturated heterocycles. The standard InChI is InChI=1S/C34H43NO4/c1-6-9-18-31-32(29-24-27(19-20-30(29)39-31)34(37)38-25(4)5)33(36)28-17-13-12-15-26(28)16-14-23-35(21-10-7-2)22-11-8-3/h12-13,15,17,19-20,24-25H,6-11,18,21-23H2,1-5H3. The van der Waals surface area contributed by atoms with Crippen LogP contribution in [0.1, 0.15) is 111 Å². The monoisotopic (exact) mass is 529 g/mol. The van der Waals surface area contributed by atoms with Crippen molar-refractivity contribution in [2.24, 2.45) is 0 Å². The number of hydrogen-bond donors (Lipinski definition) is 0. The van der Waals surface area contributed by atoms with E-state index in [2.05, 4.69) is 37.5 Å². The molecule has 0 spiro atoms. The van der Waals surface area contributed by atoms with Crippen molar-refractivity contribution in [2.75, 3.05) is 19.6 Å². The SMILES string of the molecule is CCCCc1oc2ccc(C(=O)OC(C)C)cc2c1C(=O)c1ccccc1C#CCN(CCCC)CCCC. The van der Waals surface area contributed by atoms with E-state index in [-0.39, 0.29) is 11.9 Å². The Kier molecular flexibility index (Phi) is 11.8. The molecule has 0 unspecified atom stereocenters. The topological polar surface area (TPSA) is 59.8 Å². The highest BCUT2D eigenvalue weighted by Gasteiger charge is 2.24. The molecule has 0 aliphatic heterocycles. The van der Waals surface area contributed by atoms with Gasteiger partial charge in [-0.1, -0.05) is 64.0 Å². The molecule has 0 saturated carbocycles. The van der Waals surface area contributed by atoms with E-state index in [1.165, 1.54) is 0 Å². The molecular formula is C34H43NO4. The molecule has 39 heavy (non-hydrogen) atoms. The van der Waals surface area contributed by atoms with E-state index in [1.807, 2.05) is 38.1 Å². The minimum absolute atomic E-state index is 0.132. The lowest BCUT2D eigenvalue weighted by Crippen LogP contribution is -2.26. The lowest BCUT2D eigenvalue weighted by molar-refractivity contribution is 0.0378. The third-order valence-electron chi connectivity index (χ3n) is 6.68. The third kappa shape index (κ3) is 8.31. The maximum atomic E-state index is 14.1. The van der Waals surface area contributed by atoms with Gasteiger partial charge in [0.25, 0.3) is 0 Å². The van der Waals surface area contributed by atoms with Gasteiger partial charge in [-0.25, -0.2) is 4.79 Å². The number of ketones is 1. The highest BCUT2D eigenvalue weighted by molar-refractivity contribution is 6.18. The number of carbonyl (C=O) groups excluding carboxylic acids is 2. The Bertz CT molecular complexity index is 1300. The van der Waals surface area contributed by atoms with Gasteiger partial charge in [0.1, 0.15) is 11.3 Å². The molecule has 0 atom stereocenters. The smallest absolute Gasteiger partial charge is 0.338 e. The van der Waals surface area contributed by atoms with Gasteiger partial charge in [0, 0.05) is 22.9 Å². The molecule has 0 radical (unpaired) electrons. The van der Waals surface area contributed by atoms with Gasteiger partial charge in [-0.15, -0.1) is 0 Å². The lowest BCUT2D eigenvalue weighted by atomic mass is 9.94. The lowest BCUT2D eigenvalue weighted by Gasteiger charge is -2.18. The normalized spacial score (nSPS) is 11.2. The Morgan fingerprint density at radius 2 is 1.64 bits per heavy atom. The molecular weight excluding hydrogens is 486 g/mol. The Labute approximate surface area is 233 Å². The summed E-state index contributed by atoms with van der Waals surface area (Å²) in [6.45, 7) is 12.9. The van der Waals surface area contributed by atoms with Gasteiger partial charge in [0.2, 0.25) is 0 Å². The Morgan fingerprint density at radius 1 is 0.949 bits per heavy atom. The number of aryl methyl sites for hydroxylation is 1. The first kappa shape index (κ1) is 30.2. The summed E-state index contributed by atoms with van der Waals surface area (Å²) in [6.07, 6.45) is 6.91. The van der Waals surface area contributed by atoms with E-state index in [0.29, 0.717) is 51.9 Å². The largest absolute Gasteiger partial charge is 0.460 e. The van der Waals surface area contributed by atoms with Crippen LogP contribution in [0.2, 0.25) is 0 Å². The van der Waals surface area contributed by atoms with Gasteiger partial charge in [0.15, 0.2) is 5.78 Å². The molecule has 208 valence electrons. The predicted octanol–water partition coefficient (Wildman–Crippen LogP) is 7.83. The van der Waals surface area contributed by atoms with Crippen LogP contribution in [-0.2, 0) is 11.2 Å². The zero-order valence-electron chi connectivity index (χ0n) is 24.3. The average Bonchev–Trinajstić information content (AvgIpc) is 3.30. The number of benzene rings is 2. The second-order valence-electron chi connectivity index (χ2n) is 10.3. The predicted molar refractivity (Wildman–Crippen MR) is 158 cm³/mol. The average molecular weight is 530 g/mol. The molecule has 2 aromatic carbocycles. The number of carbonyl (C=O) groups is 2. The first-order valence-corrected chi connectivity index (χ1v) is 14.5. The van der Waals surface area contributed by atoms with Gasteiger partial charge in [-0.3, -0.25) is 9.69 Å². The molecule has 0 fully saturated rings. The number of rotatable bonds is 14. The van der Waals surface area contributed by atoms with E-state index in [9.17, 15) is 9.59 Å².